The minimum absolute atomic E-state index is 0.0113. The van der Waals surface area contributed by atoms with Crippen LogP contribution in [0.25, 0.3) is 0 Å². The van der Waals surface area contributed by atoms with Crippen LogP contribution in [-0.2, 0) is 17.6 Å². The summed E-state index contributed by atoms with van der Waals surface area (Å²) >= 11 is 0. The predicted molar refractivity (Wildman–Crippen MR) is 107 cm³/mol. The fourth-order valence-corrected chi connectivity index (χ4v) is 5.25. The number of hydrogen-bond donors (Lipinski definition) is 3. The Bertz CT molecular complexity index is 801. The van der Waals surface area contributed by atoms with Gasteiger partial charge in [-0.2, -0.15) is 0 Å². The van der Waals surface area contributed by atoms with Crippen LogP contribution in [0.3, 0.4) is 0 Å². The van der Waals surface area contributed by atoms with Crippen molar-refractivity contribution in [2.75, 3.05) is 19.7 Å². The van der Waals surface area contributed by atoms with Crippen LogP contribution in [0, 0.1) is 17.8 Å². The van der Waals surface area contributed by atoms with Crippen molar-refractivity contribution in [1.82, 2.24) is 15.6 Å². The van der Waals surface area contributed by atoms with E-state index in [9.17, 15) is 9.59 Å². The lowest BCUT2D eigenvalue weighted by Crippen LogP contribution is -2.51. The predicted octanol–water partition coefficient (Wildman–Crippen LogP) is 1.78. The normalized spacial score (nSPS) is 31.9. The van der Waals surface area contributed by atoms with Crippen molar-refractivity contribution in [2.24, 2.45) is 17.8 Å². The highest BCUT2D eigenvalue weighted by Crippen LogP contribution is 2.36. The maximum Gasteiger partial charge on any atom is 0.261 e. The Morgan fingerprint density at radius 1 is 1.14 bits per heavy atom. The average molecular weight is 386 g/mol. The van der Waals surface area contributed by atoms with Gasteiger partial charge in [-0.15, -0.1) is 0 Å². The molecule has 3 N–H and O–H groups in total. The zero-order valence-electron chi connectivity index (χ0n) is 16.5. The molecule has 3 fully saturated rings. The monoisotopic (exact) mass is 385 g/mol. The standard InChI is InChI=1S/C22H31N3O3/c26-21-17(7-14-3-1-2-4-18(14)24-21)22(27)25-19-8-15-10-23-11-16(15)9-20(19)28-12-13-5-6-13/h7,13,15-16,19-20,23H,1-6,8-12H2,(H,24,26)(H,25,27)/t15-,16+,19-,20-/m0/s1. The summed E-state index contributed by atoms with van der Waals surface area (Å²) in [5.74, 6) is 1.70. The van der Waals surface area contributed by atoms with Crippen molar-refractivity contribution >= 4 is 5.91 Å². The van der Waals surface area contributed by atoms with E-state index in [1.807, 2.05) is 6.07 Å². The second kappa shape index (κ2) is 7.64. The molecule has 6 nitrogen and oxygen atoms in total. The molecule has 0 bridgehead atoms. The van der Waals surface area contributed by atoms with Gasteiger partial charge in [-0.05, 0) is 93.8 Å². The zero-order chi connectivity index (χ0) is 19.1. The first kappa shape index (κ1) is 18.4. The maximum absolute atomic E-state index is 13.0. The number of amides is 1. The first-order valence-electron chi connectivity index (χ1n) is 11.1. The molecule has 0 unspecified atom stereocenters. The summed E-state index contributed by atoms with van der Waals surface area (Å²) < 4.78 is 6.26. The summed E-state index contributed by atoms with van der Waals surface area (Å²) in [7, 11) is 0. The molecule has 0 aromatic carbocycles. The number of aromatic nitrogens is 1. The summed E-state index contributed by atoms with van der Waals surface area (Å²) in [6.07, 6.45) is 8.59. The molecule has 6 heteroatoms. The highest BCUT2D eigenvalue weighted by atomic mass is 16.5. The molecule has 4 atom stereocenters. The van der Waals surface area contributed by atoms with Gasteiger partial charge in [-0.1, -0.05) is 0 Å². The van der Waals surface area contributed by atoms with Crippen LogP contribution in [0.5, 0.6) is 0 Å². The van der Waals surface area contributed by atoms with Crippen LogP contribution in [0.1, 0.15) is 60.1 Å². The highest BCUT2D eigenvalue weighted by Gasteiger charge is 2.41. The van der Waals surface area contributed by atoms with Crippen LogP contribution >= 0.6 is 0 Å². The van der Waals surface area contributed by atoms with Crippen molar-refractivity contribution < 1.29 is 9.53 Å². The molecule has 4 aliphatic rings. The molecule has 1 amide bonds. The number of aromatic amines is 1. The van der Waals surface area contributed by atoms with E-state index in [1.54, 1.807) is 0 Å². The highest BCUT2D eigenvalue weighted by molar-refractivity contribution is 5.94. The minimum atomic E-state index is -0.259. The van der Waals surface area contributed by atoms with Crippen LogP contribution in [-0.4, -0.2) is 42.7 Å². The SMILES string of the molecule is O=C(N[C@H]1C[C@H]2CNC[C@H]2C[C@@H]1OCC1CC1)c1cc2c([nH]c1=O)CCCC2. The number of rotatable bonds is 5. The van der Waals surface area contributed by atoms with Gasteiger partial charge in [0.05, 0.1) is 12.1 Å². The molecule has 2 heterocycles. The molecule has 0 spiro atoms. The first-order chi connectivity index (χ1) is 13.7. The van der Waals surface area contributed by atoms with E-state index in [0.29, 0.717) is 17.8 Å². The molecular weight excluding hydrogens is 354 g/mol. The number of ether oxygens (including phenoxy) is 1. The molecule has 152 valence electrons. The van der Waals surface area contributed by atoms with E-state index >= 15 is 0 Å². The Hall–Kier alpha value is -1.66. The van der Waals surface area contributed by atoms with Crippen molar-refractivity contribution in [1.29, 1.82) is 0 Å². The van der Waals surface area contributed by atoms with Gasteiger partial charge in [-0.3, -0.25) is 9.59 Å². The smallest absolute Gasteiger partial charge is 0.261 e. The van der Waals surface area contributed by atoms with Crippen molar-refractivity contribution in [3.63, 3.8) is 0 Å². The number of H-pyrrole nitrogens is 1. The van der Waals surface area contributed by atoms with Gasteiger partial charge < -0.3 is 20.4 Å². The molecule has 5 rings (SSSR count). The zero-order valence-corrected chi connectivity index (χ0v) is 16.5. The third-order valence-electron chi connectivity index (χ3n) is 7.16. The quantitative estimate of drug-likeness (QED) is 0.721. The topological polar surface area (TPSA) is 83.2 Å². The number of carbonyl (C=O) groups is 1. The van der Waals surface area contributed by atoms with Crippen molar-refractivity contribution in [3.8, 4) is 0 Å². The van der Waals surface area contributed by atoms with E-state index in [0.717, 1.165) is 69.5 Å². The molecule has 0 radical (unpaired) electrons. The van der Waals surface area contributed by atoms with Gasteiger partial charge in [0.2, 0.25) is 0 Å². The summed E-state index contributed by atoms with van der Waals surface area (Å²) in [5, 5.41) is 6.67. The molecule has 2 saturated carbocycles. The average Bonchev–Trinajstić information content (AvgIpc) is 3.42. The molecule has 1 aromatic heterocycles. The Balaban J connectivity index is 1.32. The molecular formula is C22H31N3O3. The third-order valence-corrected chi connectivity index (χ3v) is 7.16. The Labute approximate surface area is 165 Å². The molecule has 3 aliphatic carbocycles. The second-order valence-electron chi connectivity index (χ2n) is 9.27. The van der Waals surface area contributed by atoms with Crippen molar-refractivity contribution in [3.05, 3.63) is 33.2 Å². The fourth-order valence-electron chi connectivity index (χ4n) is 5.25. The van der Waals surface area contributed by atoms with Gasteiger partial charge in [0, 0.05) is 12.3 Å². The van der Waals surface area contributed by atoms with Gasteiger partial charge >= 0.3 is 0 Å². The largest absolute Gasteiger partial charge is 0.376 e. The fraction of sp³-hybridized carbons (Fsp3) is 0.727. The third kappa shape index (κ3) is 3.77. The Morgan fingerprint density at radius 2 is 1.93 bits per heavy atom. The van der Waals surface area contributed by atoms with E-state index in [1.165, 1.54) is 12.8 Å². The van der Waals surface area contributed by atoms with Gasteiger partial charge in [0.1, 0.15) is 5.56 Å². The molecule has 1 saturated heterocycles. The van der Waals surface area contributed by atoms with Gasteiger partial charge in [-0.25, -0.2) is 0 Å². The number of hydrogen-bond acceptors (Lipinski definition) is 4. The van der Waals surface area contributed by atoms with Crippen LogP contribution in [0.2, 0.25) is 0 Å². The summed E-state index contributed by atoms with van der Waals surface area (Å²) in [4.78, 5) is 28.5. The summed E-state index contributed by atoms with van der Waals surface area (Å²) in [6, 6.07) is 1.81. The number of nitrogens with one attached hydrogen (secondary N) is 3. The van der Waals surface area contributed by atoms with Gasteiger partial charge in [0.15, 0.2) is 0 Å². The first-order valence-corrected chi connectivity index (χ1v) is 11.1. The lowest BCUT2D eigenvalue weighted by atomic mass is 9.77. The molecule has 1 aliphatic heterocycles. The summed E-state index contributed by atoms with van der Waals surface area (Å²) in [5.41, 5.74) is 2.13. The Morgan fingerprint density at radius 3 is 2.75 bits per heavy atom. The lowest BCUT2D eigenvalue weighted by Gasteiger charge is -2.38. The minimum Gasteiger partial charge on any atom is -0.376 e. The van der Waals surface area contributed by atoms with Gasteiger partial charge in [0.25, 0.3) is 11.5 Å². The number of aryl methyl sites for hydroxylation is 2. The molecule has 28 heavy (non-hydrogen) atoms. The van der Waals surface area contributed by atoms with Crippen LogP contribution in [0.15, 0.2) is 10.9 Å². The number of carbonyl (C=O) groups excluding carboxylic acids is 1. The van der Waals surface area contributed by atoms with E-state index in [4.69, 9.17) is 4.74 Å². The van der Waals surface area contributed by atoms with Crippen LogP contribution in [0.4, 0.5) is 0 Å². The van der Waals surface area contributed by atoms with E-state index < -0.39 is 0 Å². The van der Waals surface area contributed by atoms with E-state index in [-0.39, 0.29) is 29.2 Å². The number of pyridine rings is 1. The van der Waals surface area contributed by atoms with Crippen LogP contribution < -0.4 is 16.2 Å². The lowest BCUT2D eigenvalue weighted by molar-refractivity contribution is -0.0211. The van der Waals surface area contributed by atoms with E-state index in [2.05, 4.69) is 15.6 Å². The summed E-state index contributed by atoms with van der Waals surface area (Å²) in [6.45, 7) is 2.88. The van der Waals surface area contributed by atoms with Crippen molar-refractivity contribution in [2.45, 2.75) is 63.5 Å². The second-order valence-corrected chi connectivity index (χ2v) is 9.27. The maximum atomic E-state index is 13.0. The Kier molecular flexibility index (Phi) is 5.01. The number of fused-ring (bicyclic) bond motifs is 2. The molecule has 1 aromatic rings.